The number of halogens is 1. The number of pyridine rings is 1. The number of hydrogen-bond donors (Lipinski definition) is 1. The van der Waals surface area contributed by atoms with E-state index in [0.717, 1.165) is 4.47 Å². The Balaban J connectivity index is 2.52. The Morgan fingerprint density at radius 2 is 1.83 bits per heavy atom. The van der Waals surface area contributed by atoms with Crippen LogP contribution in [0.5, 0.6) is 0 Å². The van der Waals surface area contributed by atoms with Gasteiger partial charge in [-0.05, 0) is 61.3 Å². The normalized spacial score (nSPS) is 12.4. The first-order valence-corrected chi connectivity index (χ1v) is 6.76. The van der Waals surface area contributed by atoms with Crippen LogP contribution in [0.3, 0.4) is 0 Å². The highest BCUT2D eigenvalue weighted by molar-refractivity contribution is 9.10. The van der Waals surface area contributed by atoms with Gasteiger partial charge in [-0.15, -0.1) is 0 Å². The molecule has 3 heteroatoms. The molecule has 0 aliphatic carbocycles. The van der Waals surface area contributed by atoms with Gasteiger partial charge in [0.15, 0.2) is 0 Å². The quantitative estimate of drug-likeness (QED) is 0.933. The summed E-state index contributed by atoms with van der Waals surface area (Å²) in [7, 11) is 1.98. The lowest BCUT2D eigenvalue weighted by Gasteiger charge is -2.21. The summed E-state index contributed by atoms with van der Waals surface area (Å²) < 4.78 is 1.10. The molecule has 0 spiro atoms. The second kappa shape index (κ2) is 5.63. The molecule has 1 unspecified atom stereocenters. The molecule has 1 heterocycles. The van der Waals surface area contributed by atoms with Crippen LogP contribution in [0.2, 0.25) is 0 Å². The van der Waals surface area contributed by atoms with E-state index in [1.807, 2.05) is 25.5 Å². The van der Waals surface area contributed by atoms with Gasteiger partial charge >= 0.3 is 0 Å². The van der Waals surface area contributed by atoms with E-state index in [4.69, 9.17) is 0 Å². The van der Waals surface area contributed by atoms with Gasteiger partial charge in [0.2, 0.25) is 0 Å². The zero-order chi connectivity index (χ0) is 13.1. The fourth-order valence-electron chi connectivity index (χ4n) is 2.18. The molecule has 0 radical (unpaired) electrons. The Morgan fingerprint density at radius 3 is 2.50 bits per heavy atom. The predicted octanol–water partition coefficient (Wildman–Crippen LogP) is 3.77. The molecule has 0 saturated heterocycles. The molecule has 18 heavy (non-hydrogen) atoms. The molecule has 0 aliphatic rings. The van der Waals surface area contributed by atoms with E-state index >= 15 is 0 Å². The maximum absolute atomic E-state index is 4.24. The highest BCUT2D eigenvalue weighted by Crippen LogP contribution is 2.28. The summed E-state index contributed by atoms with van der Waals surface area (Å²) in [5, 5.41) is 3.38. The molecule has 0 bridgehead atoms. The monoisotopic (exact) mass is 304 g/mol. The molecule has 0 amide bonds. The van der Waals surface area contributed by atoms with Crippen LogP contribution in [0.4, 0.5) is 0 Å². The summed E-state index contributed by atoms with van der Waals surface area (Å²) in [4.78, 5) is 4.24. The molecule has 0 fully saturated rings. The van der Waals surface area contributed by atoms with E-state index in [9.17, 15) is 0 Å². The third-order valence-electron chi connectivity index (χ3n) is 3.23. The van der Waals surface area contributed by atoms with Gasteiger partial charge in [-0.3, -0.25) is 4.98 Å². The molecular formula is C15H17BrN2. The van der Waals surface area contributed by atoms with Crippen molar-refractivity contribution in [3.8, 4) is 0 Å². The summed E-state index contributed by atoms with van der Waals surface area (Å²) >= 11 is 3.54. The zero-order valence-corrected chi connectivity index (χ0v) is 12.5. The van der Waals surface area contributed by atoms with Crippen LogP contribution < -0.4 is 5.32 Å². The Morgan fingerprint density at radius 1 is 1.11 bits per heavy atom. The topological polar surface area (TPSA) is 24.9 Å². The molecule has 0 aliphatic heterocycles. The molecular weight excluding hydrogens is 288 g/mol. The minimum absolute atomic E-state index is 0.177. The van der Waals surface area contributed by atoms with E-state index in [-0.39, 0.29) is 6.04 Å². The number of rotatable bonds is 3. The number of nitrogens with zero attached hydrogens (tertiary/aromatic N) is 1. The van der Waals surface area contributed by atoms with Crippen LogP contribution in [0.1, 0.15) is 28.3 Å². The minimum Gasteiger partial charge on any atom is -0.309 e. The van der Waals surface area contributed by atoms with Crippen LogP contribution in [-0.4, -0.2) is 12.0 Å². The van der Waals surface area contributed by atoms with E-state index in [1.165, 1.54) is 22.3 Å². The Bertz CT molecular complexity index is 552. The van der Waals surface area contributed by atoms with Gasteiger partial charge in [0, 0.05) is 16.9 Å². The zero-order valence-electron chi connectivity index (χ0n) is 10.9. The van der Waals surface area contributed by atoms with E-state index in [0.29, 0.717) is 0 Å². The van der Waals surface area contributed by atoms with Gasteiger partial charge in [0.1, 0.15) is 0 Å². The summed E-state index contributed by atoms with van der Waals surface area (Å²) in [6.45, 7) is 4.26. The van der Waals surface area contributed by atoms with Gasteiger partial charge in [-0.1, -0.05) is 22.0 Å². The number of benzene rings is 1. The molecule has 1 aromatic carbocycles. The third kappa shape index (κ3) is 2.62. The van der Waals surface area contributed by atoms with E-state index in [1.54, 1.807) is 0 Å². The van der Waals surface area contributed by atoms with Crippen LogP contribution in [0.15, 0.2) is 41.1 Å². The van der Waals surface area contributed by atoms with Crippen molar-refractivity contribution in [1.29, 1.82) is 0 Å². The molecule has 2 rings (SSSR count). The summed E-state index contributed by atoms with van der Waals surface area (Å²) in [5.74, 6) is 0. The van der Waals surface area contributed by atoms with Gasteiger partial charge in [0.05, 0.1) is 6.04 Å². The minimum atomic E-state index is 0.177. The third-order valence-corrected chi connectivity index (χ3v) is 3.72. The summed E-state index contributed by atoms with van der Waals surface area (Å²) in [5.41, 5.74) is 5.04. The second-order valence-corrected chi connectivity index (χ2v) is 5.37. The van der Waals surface area contributed by atoms with Crippen molar-refractivity contribution in [2.75, 3.05) is 7.05 Å². The maximum Gasteiger partial charge on any atom is 0.0595 e. The van der Waals surface area contributed by atoms with E-state index < -0.39 is 0 Å². The van der Waals surface area contributed by atoms with Crippen molar-refractivity contribution in [3.05, 3.63) is 63.4 Å². The summed E-state index contributed by atoms with van der Waals surface area (Å²) in [6, 6.07) is 8.60. The van der Waals surface area contributed by atoms with Gasteiger partial charge in [-0.25, -0.2) is 0 Å². The molecule has 0 saturated carbocycles. The Labute approximate surface area is 117 Å². The molecule has 94 valence electrons. The fraction of sp³-hybridized carbons (Fsp3) is 0.267. The first kappa shape index (κ1) is 13.2. The molecule has 1 aromatic heterocycles. The first-order chi connectivity index (χ1) is 8.63. The number of nitrogens with one attached hydrogen (secondary N) is 1. The second-order valence-electron chi connectivity index (χ2n) is 4.45. The van der Waals surface area contributed by atoms with Crippen molar-refractivity contribution >= 4 is 15.9 Å². The van der Waals surface area contributed by atoms with Crippen molar-refractivity contribution < 1.29 is 0 Å². The highest BCUT2D eigenvalue weighted by Gasteiger charge is 2.16. The van der Waals surface area contributed by atoms with Crippen LogP contribution in [0, 0.1) is 13.8 Å². The van der Waals surface area contributed by atoms with Crippen molar-refractivity contribution in [2.45, 2.75) is 19.9 Å². The fourth-order valence-corrected chi connectivity index (χ4v) is 2.56. The number of hydrogen-bond acceptors (Lipinski definition) is 2. The van der Waals surface area contributed by atoms with Crippen molar-refractivity contribution in [3.63, 3.8) is 0 Å². The Kier molecular flexibility index (Phi) is 4.15. The lowest BCUT2D eigenvalue weighted by Crippen LogP contribution is -2.19. The summed E-state index contributed by atoms with van der Waals surface area (Å²) in [6.07, 6.45) is 3.77. The number of aromatic nitrogens is 1. The van der Waals surface area contributed by atoms with Gasteiger partial charge in [-0.2, -0.15) is 0 Å². The van der Waals surface area contributed by atoms with Crippen LogP contribution in [0.25, 0.3) is 0 Å². The molecule has 1 N–H and O–H groups in total. The number of aryl methyl sites for hydroxylation is 2. The molecule has 2 nitrogen and oxygen atoms in total. The van der Waals surface area contributed by atoms with Crippen LogP contribution in [-0.2, 0) is 0 Å². The largest absolute Gasteiger partial charge is 0.309 e. The molecule has 1 atom stereocenters. The SMILES string of the molecule is CNC(c1cnccc1C)c1cc(Br)ccc1C. The van der Waals surface area contributed by atoms with E-state index in [2.05, 4.69) is 58.3 Å². The Hall–Kier alpha value is -1.19. The highest BCUT2D eigenvalue weighted by atomic mass is 79.9. The first-order valence-electron chi connectivity index (χ1n) is 5.97. The lowest BCUT2D eigenvalue weighted by molar-refractivity contribution is 0.680. The molecule has 2 aromatic rings. The van der Waals surface area contributed by atoms with Crippen molar-refractivity contribution in [1.82, 2.24) is 10.3 Å². The average molecular weight is 305 g/mol. The average Bonchev–Trinajstić information content (AvgIpc) is 2.36. The van der Waals surface area contributed by atoms with Crippen LogP contribution >= 0.6 is 15.9 Å². The standard InChI is InChI=1S/C15H17BrN2/c1-10-4-5-12(16)8-13(10)15(17-3)14-9-18-7-6-11(14)2/h4-9,15,17H,1-3H3. The maximum atomic E-state index is 4.24. The predicted molar refractivity (Wildman–Crippen MR) is 78.8 cm³/mol. The smallest absolute Gasteiger partial charge is 0.0595 e. The van der Waals surface area contributed by atoms with Gasteiger partial charge in [0.25, 0.3) is 0 Å². The van der Waals surface area contributed by atoms with Gasteiger partial charge < -0.3 is 5.32 Å². The van der Waals surface area contributed by atoms with Crippen molar-refractivity contribution in [2.24, 2.45) is 0 Å². The lowest BCUT2D eigenvalue weighted by atomic mass is 9.94.